The fourth-order valence-corrected chi connectivity index (χ4v) is 2.34. The Morgan fingerprint density at radius 1 is 1.35 bits per heavy atom. The van der Waals surface area contributed by atoms with Crippen molar-refractivity contribution in [1.82, 2.24) is 15.2 Å². The van der Waals surface area contributed by atoms with Crippen LogP contribution in [0.25, 0.3) is 0 Å². The molecule has 2 aromatic rings. The molecule has 0 amide bonds. The van der Waals surface area contributed by atoms with Crippen molar-refractivity contribution < 1.29 is 8.78 Å². The van der Waals surface area contributed by atoms with Crippen molar-refractivity contribution >= 4 is 5.95 Å². The van der Waals surface area contributed by atoms with Crippen molar-refractivity contribution in [3.63, 3.8) is 0 Å². The number of hydrogen-bond donors (Lipinski definition) is 2. The number of benzene rings is 1. The van der Waals surface area contributed by atoms with Crippen LogP contribution in [0.3, 0.4) is 0 Å². The number of nitrogens with one attached hydrogen (secondary N) is 1. The van der Waals surface area contributed by atoms with Gasteiger partial charge in [-0.2, -0.15) is 4.98 Å². The summed E-state index contributed by atoms with van der Waals surface area (Å²) in [6, 6.07) is 3.93. The summed E-state index contributed by atoms with van der Waals surface area (Å²) in [7, 11) is 0. The highest BCUT2D eigenvalue weighted by Gasteiger charge is 2.22. The second-order valence-corrected chi connectivity index (χ2v) is 4.95. The normalized spacial score (nSPS) is 18.8. The molecule has 1 aromatic carbocycles. The number of nitrogens with two attached hydrogens (primary N) is 1. The molecule has 1 aromatic heterocycles. The van der Waals surface area contributed by atoms with Crippen molar-refractivity contribution in [1.29, 1.82) is 0 Å². The summed E-state index contributed by atoms with van der Waals surface area (Å²) in [5.74, 6) is -0.188. The van der Waals surface area contributed by atoms with Crippen LogP contribution in [0.15, 0.2) is 18.2 Å². The van der Waals surface area contributed by atoms with Crippen molar-refractivity contribution in [3.8, 4) is 0 Å². The largest absolute Gasteiger partial charge is 0.338 e. The van der Waals surface area contributed by atoms with E-state index in [1.807, 2.05) is 4.90 Å². The lowest BCUT2D eigenvalue weighted by atomic mass is 10.1. The monoisotopic (exact) mass is 279 g/mol. The van der Waals surface area contributed by atoms with E-state index in [9.17, 15) is 8.78 Å². The summed E-state index contributed by atoms with van der Waals surface area (Å²) in [6.07, 6.45) is 0.942. The van der Waals surface area contributed by atoms with Crippen LogP contribution in [0.1, 0.15) is 17.8 Å². The van der Waals surface area contributed by atoms with Crippen molar-refractivity contribution in [2.24, 2.45) is 5.73 Å². The Kier molecular flexibility index (Phi) is 3.35. The van der Waals surface area contributed by atoms with Crippen LogP contribution in [0.2, 0.25) is 0 Å². The number of nitrogens with zero attached hydrogens (tertiary/aromatic N) is 3. The smallest absolute Gasteiger partial charge is 0.244 e. The maximum absolute atomic E-state index is 13.6. The van der Waals surface area contributed by atoms with E-state index in [4.69, 9.17) is 5.73 Å². The summed E-state index contributed by atoms with van der Waals surface area (Å²) in [6.45, 7) is 1.50. The highest BCUT2D eigenvalue weighted by Crippen LogP contribution is 2.18. The number of hydrogen-bond acceptors (Lipinski definition) is 4. The molecule has 1 aliphatic rings. The molecule has 3 rings (SSSR count). The van der Waals surface area contributed by atoms with Gasteiger partial charge in [-0.15, -0.1) is 5.10 Å². The molecule has 0 spiro atoms. The minimum Gasteiger partial charge on any atom is -0.338 e. The lowest BCUT2D eigenvalue weighted by molar-refractivity contribution is 0.559. The molecule has 7 heteroatoms. The Morgan fingerprint density at radius 3 is 2.75 bits per heavy atom. The van der Waals surface area contributed by atoms with E-state index in [0.717, 1.165) is 13.0 Å². The Labute approximate surface area is 114 Å². The Hall–Kier alpha value is -2.02. The fourth-order valence-electron chi connectivity index (χ4n) is 2.34. The molecule has 1 unspecified atom stereocenters. The zero-order valence-corrected chi connectivity index (χ0v) is 10.8. The van der Waals surface area contributed by atoms with E-state index in [1.54, 1.807) is 0 Å². The third kappa shape index (κ3) is 2.49. The molecule has 1 fully saturated rings. The molecule has 0 radical (unpaired) electrons. The average Bonchev–Trinajstić information content (AvgIpc) is 3.03. The molecule has 3 N–H and O–H groups in total. The summed E-state index contributed by atoms with van der Waals surface area (Å²) in [5, 5.41) is 6.80. The number of aromatic nitrogens is 3. The van der Waals surface area contributed by atoms with Gasteiger partial charge in [-0.1, -0.05) is 6.07 Å². The summed E-state index contributed by atoms with van der Waals surface area (Å²) in [4.78, 5) is 6.24. The highest BCUT2D eigenvalue weighted by atomic mass is 19.1. The maximum atomic E-state index is 13.6. The SMILES string of the molecule is NC1CCN(c2n[nH]c(Cc3c(F)cccc3F)n2)C1. The quantitative estimate of drug-likeness (QED) is 0.886. The molecule has 1 saturated heterocycles. The van der Waals surface area contributed by atoms with Crippen LogP contribution in [0.5, 0.6) is 0 Å². The number of aromatic amines is 1. The van der Waals surface area contributed by atoms with Gasteiger partial charge in [-0.25, -0.2) is 8.78 Å². The molecular weight excluding hydrogens is 264 g/mol. The fraction of sp³-hybridized carbons (Fsp3) is 0.385. The van der Waals surface area contributed by atoms with Crippen molar-refractivity contribution in [3.05, 3.63) is 41.2 Å². The third-order valence-electron chi connectivity index (χ3n) is 3.43. The molecule has 0 aliphatic carbocycles. The maximum Gasteiger partial charge on any atom is 0.244 e. The van der Waals surface area contributed by atoms with Gasteiger partial charge < -0.3 is 10.6 Å². The first kappa shape index (κ1) is 13.0. The van der Waals surface area contributed by atoms with Gasteiger partial charge in [0.25, 0.3) is 0 Å². The molecule has 1 aliphatic heterocycles. The van der Waals surface area contributed by atoms with E-state index in [-0.39, 0.29) is 18.0 Å². The summed E-state index contributed by atoms with van der Waals surface area (Å²) >= 11 is 0. The molecular formula is C13H15F2N5. The standard InChI is InChI=1S/C13H15F2N5/c14-10-2-1-3-11(15)9(10)6-12-17-13(19-18-12)20-5-4-8(16)7-20/h1-3,8H,4-7,16H2,(H,17,18,19). The second kappa shape index (κ2) is 5.16. The number of halogens is 2. The van der Waals surface area contributed by atoms with Gasteiger partial charge in [-0.3, -0.25) is 5.10 Å². The number of anilines is 1. The van der Waals surface area contributed by atoms with Gasteiger partial charge in [0.2, 0.25) is 5.95 Å². The predicted octanol–water partition coefficient (Wildman–Crippen LogP) is 1.21. The molecule has 5 nitrogen and oxygen atoms in total. The van der Waals surface area contributed by atoms with E-state index >= 15 is 0 Å². The van der Waals surface area contributed by atoms with E-state index in [0.29, 0.717) is 18.3 Å². The minimum atomic E-state index is -0.578. The number of rotatable bonds is 3. The van der Waals surface area contributed by atoms with Crippen LogP contribution in [0, 0.1) is 11.6 Å². The first-order chi connectivity index (χ1) is 9.63. The van der Waals surface area contributed by atoms with Crippen LogP contribution >= 0.6 is 0 Å². The molecule has 1 atom stereocenters. The Morgan fingerprint density at radius 2 is 2.10 bits per heavy atom. The molecule has 106 valence electrons. The first-order valence-electron chi connectivity index (χ1n) is 6.48. The molecule has 2 heterocycles. The van der Waals surface area contributed by atoms with Crippen LogP contribution in [-0.2, 0) is 6.42 Å². The van der Waals surface area contributed by atoms with Crippen LogP contribution in [0.4, 0.5) is 14.7 Å². The van der Waals surface area contributed by atoms with E-state index in [2.05, 4.69) is 15.2 Å². The van der Waals surface area contributed by atoms with E-state index in [1.165, 1.54) is 18.2 Å². The predicted molar refractivity (Wildman–Crippen MR) is 70.4 cm³/mol. The van der Waals surface area contributed by atoms with Crippen molar-refractivity contribution in [2.45, 2.75) is 18.9 Å². The van der Waals surface area contributed by atoms with Crippen LogP contribution < -0.4 is 10.6 Å². The summed E-state index contributed by atoms with van der Waals surface area (Å²) < 4.78 is 27.1. The lowest BCUT2D eigenvalue weighted by Crippen LogP contribution is -2.27. The second-order valence-electron chi connectivity index (χ2n) is 4.95. The van der Waals surface area contributed by atoms with Gasteiger partial charge >= 0.3 is 0 Å². The topological polar surface area (TPSA) is 70.8 Å². The summed E-state index contributed by atoms with van der Waals surface area (Å²) in [5.41, 5.74) is 5.82. The van der Waals surface area contributed by atoms with Gasteiger partial charge in [0.05, 0.1) is 0 Å². The molecule has 0 saturated carbocycles. The first-order valence-corrected chi connectivity index (χ1v) is 6.48. The van der Waals surface area contributed by atoms with Gasteiger partial charge in [-0.05, 0) is 18.6 Å². The van der Waals surface area contributed by atoms with E-state index < -0.39 is 11.6 Å². The number of H-pyrrole nitrogens is 1. The Bertz CT molecular complexity index is 592. The van der Waals surface area contributed by atoms with Gasteiger partial charge in [0.1, 0.15) is 17.5 Å². The minimum absolute atomic E-state index is 0.00618. The molecule has 0 bridgehead atoms. The molecule has 20 heavy (non-hydrogen) atoms. The lowest BCUT2D eigenvalue weighted by Gasteiger charge is -2.11. The van der Waals surface area contributed by atoms with Crippen LogP contribution in [-0.4, -0.2) is 34.3 Å². The van der Waals surface area contributed by atoms with Crippen molar-refractivity contribution in [2.75, 3.05) is 18.0 Å². The average molecular weight is 279 g/mol. The van der Waals surface area contributed by atoms with Gasteiger partial charge in [0, 0.05) is 31.1 Å². The third-order valence-corrected chi connectivity index (χ3v) is 3.43. The highest BCUT2D eigenvalue weighted by molar-refractivity contribution is 5.32. The zero-order valence-electron chi connectivity index (χ0n) is 10.8. The van der Waals surface area contributed by atoms with Gasteiger partial charge in [0.15, 0.2) is 0 Å². The zero-order chi connectivity index (χ0) is 14.1. The Balaban J connectivity index is 1.77.